The molecule has 1 aliphatic heterocycles. The van der Waals surface area contributed by atoms with Gasteiger partial charge in [-0.3, -0.25) is 0 Å². The molecule has 2 heteroatoms. The zero-order chi connectivity index (χ0) is 7.42. The van der Waals surface area contributed by atoms with Crippen LogP contribution in [0.25, 0.3) is 0 Å². The Morgan fingerprint density at radius 1 is 1.45 bits per heavy atom. The van der Waals surface area contributed by atoms with Crippen molar-refractivity contribution in [1.82, 2.24) is 0 Å². The van der Waals surface area contributed by atoms with Crippen LogP contribution in [-0.4, -0.2) is 13.9 Å². The SMILES string of the molecule is NC1CC2=C(C1)C1[I-]C1C=C2. The average molecular weight is 260 g/mol. The van der Waals surface area contributed by atoms with E-state index in [1.165, 1.54) is 6.42 Å². The van der Waals surface area contributed by atoms with E-state index in [2.05, 4.69) is 12.2 Å². The van der Waals surface area contributed by atoms with Crippen LogP contribution in [0.4, 0.5) is 0 Å². The molecule has 1 saturated heterocycles. The van der Waals surface area contributed by atoms with Crippen LogP contribution in [0.5, 0.6) is 0 Å². The third kappa shape index (κ3) is 0.920. The third-order valence-corrected chi connectivity index (χ3v) is 6.12. The fourth-order valence-electron chi connectivity index (χ4n) is 2.09. The Labute approximate surface area is 77.0 Å². The van der Waals surface area contributed by atoms with E-state index >= 15 is 0 Å². The summed E-state index contributed by atoms with van der Waals surface area (Å²) in [5.41, 5.74) is 9.25. The van der Waals surface area contributed by atoms with Crippen LogP contribution in [0, 0.1) is 0 Å². The van der Waals surface area contributed by atoms with Gasteiger partial charge in [-0.2, -0.15) is 0 Å². The van der Waals surface area contributed by atoms with Crippen molar-refractivity contribution in [1.29, 1.82) is 0 Å². The molecule has 2 aliphatic carbocycles. The molecule has 0 aromatic heterocycles. The molecule has 0 spiro atoms. The molecule has 3 atom stereocenters. The molecular formula is C9H11IN-. The first-order valence-corrected chi connectivity index (χ1v) is 6.61. The van der Waals surface area contributed by atoms with E-state index in [1.807, 2.05) is 0 Å². The van der Waals surface area contributed by atoms with E-state index in [0.29, 0.717) is 27.2 Å². The number of hydrogen-bond acceptors (Lipinski definition) is 1. The van der Waals surface area contributed by atoms with Gasteiger partial charge in [0, 0.05) is 0 Å². The maximum absolute atomic E-state index is 5.91. The first-order valence-electron chi connectivity index (χ1n) is 4.12. The number of fused-ring (bicyclic) bond motifs is 2. The summed E-state index contributed by atoms with van der Waals surface area (Å²) >= 11 is 0.517. The molecule has 0 amide bonds. The normalized spacial score (nSPS) is 46.5. The molecule has 0 aromatic carbocycles. The predicted octanol–water partition coefficient (Wildman–Crippen LogP) is -2.19. The summed E-state index contributed by atoms with van der Waals surface area (Å²) in [5.74, 6) is 0. The van der Waals surface area contributed by atoms with E-state index in [-0.39, 0.29) is 0 Å². The quantitative estimate of drug-likeness (QED) is 0.389. The first kappa shape index (κ1) is 6.66. The molecule has 1 heterocycles. The van der Waals surface area contributed by atoms with E-state index < -0.39 is 0 Å². The maximum atomic E-state index is 5.91. The molecule has 3 aliphatic rings. The number of hydrogen-bond donors (Lipinski definition) is 1. The fraction of sp³-hybridized carbons (Fsp3) is 0.556. The molecule has 1 nitrogen and oxygen atoms in total. The molecule has 11 heavy (non-hydrogen) atoms. The Morgan fingerprint density at radius 3 is 3.27 bits per heavy atom. The topological polar surface area (TPSA) is 26.0 Å². The van der Waals surface area contributed by atoms with Gasteiger partial charge in [-0.05, 0) is 0 Å². The van der Waals surface area contributed by atoms with Crippen LogP contribution in [-0.2, 0) is 0 Å². The number of rotatable bonds is 0. The van der Waals surface area contributed by atoms with Gasteiger partial charge >= 0.3 is 77.0 Å². The second-order valence-corrected chi connectivity index (χ2v) is 7.05. The Bertz CT molecular complexity index is 267. The molecule has 0 radical (unpaired) electrons. The van der Waals surface area contributed by atoms with Crippen molar-refractivity contribution >= 4 is 0 Å². The minimum absolute atomic E-state index is 0.452. The van der Waals surface area contributed by atoms with Crippen LogP contribution in [0.1, 0.15) is 12.8 Å². The number of alkyl halides is 2. The minimum atomic E-state index is 0.452. The second-order valence-electron chi connectivity index (χ2n) is 3.55. The van der Waals surface area contributed by atoms with Crippen molar-refractivity contribution in [2.75, 3.05) is 0 Å². The zero-order valence-corrected chi connectivity index (χ0v) is 8.41. The zero-order valence-electron chi connectivity index (χ0n) is 6.26. The summed E-state index contributed by atoms with van der Waals surface area (Å²) in [6.45, 7) is 0. The van der Waals surface area contributed by atoms with Gasteiger partial charge in [0.1, 0.15) is 0 Å². The summed E-state index contributed by atoms with van der Waals surface area (Å²) in [5, 5.41) is 0. The van der Waals surface area contributed by atoms with E-state index in [0.717, 1.165) is 14.3 Å². The van der Waals surface area contributed by atoms with Crippen molar-refractivity contribution in [2.45, 2.75) is 26.7 Å². The van der Waals surface area contributed by atoms with Crippen LogP contribution in [0.15, 0.2) is 23.3 Å². The summed E-state index contributed by atoms with van der Waals surface area (Å²) in [4.78, 5) is 0. The van der Waals surface area contributed by atoms with Gasteiger partial charge in [0.05, 0.1) is 0 Å². The molecular weight excluding hydrogens is 249 g/mol. The van der Waals surface area contributed by atoms with Crippen molar-refractivity contribution in [3.05, 3.63) is 23.3 Å². The van der Waals surface area contributed by atoms with Crippen molar-refractivity contribution in [2.24, 2.45) is 5.73 Å². The van der Waals surface area contributed by atoms with Crippen LogP contribution in [0.3, 0.4) is 0 Å². The summed E-state index contributed by atoms with van der Waals surface area (Å²) < 4.78 is 2.04. The van der Waals surface area contributed by atoms with Crippen molar-refractivity contribution in [3.8, 4) is 0 Å². The second kappa shape index (κ2) is 2.10. The molecule has 3 rings (SSSR count). The molecule has 2 N–H and O–H groups in total. The van der Waals surface area contributed by atoms with Gasteiger partial charge in [0.25, 0.3) is 0 Å². The Morgan fingerprint density at radius 2 is 2.36 bits per heavy atom. The molecule has 0 bridgehead atoms. The van der Waals surface area contributed by atoms with Gasteiger partial charge < -0.3 is 0 Å². The first-order chi connectivity index (χ1) is 5.34. The van der Waals surface area contributed by atoms with Gasteiger partial charge in [-0.1, -0.05) is 0 Å². The van der Waals surface area contributed by atoms with Gasteiger partial charge in [-0.15, -0.1) is 0 Å². The van der Waals surface area contributed by atoms with Crippen LogP contribution < -0.4 is 26.9 Å². The molecule has 3 unspecified atom stereocenters. The van der Waals surface area contributed by atoms with E-state index in [1.54, 1.807) is 11.1 Å². The van der Waals surface area contributed by atoms with Crippen LogP contribution >= 0.6 is 0 Å². The number of halogens is 1. The standard InChI is InChI=1S/C9H11IN/c11-6-3-5-1-2-8-9(10-8)7(5)4-6/h1-2,6,8-9H,3-4,11H2/q-1. The Balaban J connectivity index is 1.99. The van der Waals surface area contributed by atoms with Crippen molar-refractivity contribution in [3.63, 3.8) is 0 Å². The summed E-state index contributed by atoms with van der Waals surface area (Å²) in [6.07, 6.45) is 7.13. The van der Waals surface area contributed by atoms with Crippen molar-refractivity contribution < 1.29 is 21.2 Å². The summed E-state index contributed by atoms with van der Waals surface area (Å²) in [6, 6.07) is 0.452. The molecule has 0 aromatic rings. The summed E-state index contributed by atoms with van der Waals surface area (Å²) in [7, 11) is 0. The number of nitrogens with two attached hydrogens (primary N) is 1. The monoisotopic (exact) mass is 260 g/mol. The van der Waals surface area contributed by atoms with Crippen LogP contribution in [0.2, 0.25) is 0 Å². The predicted molar refractivity (Wildman–Crippen MR) is 41.0 cm³/mol. The van der Waals surface area contributed by atoms with E-state index in [9.17, 15) is 0 Å². The van der Waals surface area contributed by atoms with E-state index in [4.69, 9.17) is 5.73 Å². The Hall–Kier alpha value is 0.170. The molecule has 1 fully saturated rings. The Kier molecular flexibility index (Phi) is 1.27. The van der Waals surface area contributed by atoms with Gasteiger partial charge in [-0.25, -0.2) is 0 Å². The fourth-order valence-corrected chi connectivity index (χ4v) is 4.96. The average Bonchev–Trinajstić information content (AvgIpc) is 2.67. The molecule has 60 valence electrons. The van der Waals surface area contributed by atoms with Gasteiger partial charge in [0.2, 0.25) is 0 Å². The van der Waals surface area contributed by atoms with Gasteiger partial charge in [0.15, 0.2) is 0 Å². The number of allylic oxidation sites excluding steroid dienone is 2. The third-order valence-electron chi connectivity index (χ3n) is 2.68. The molecule has 0 saturated carbocycles.